The molecule has 0 atom stereocenters. The van der Waals surface area contributed by atoms with Crippen molar-refractivity contribution < 1.29 is 14.6 Å². The summed E-state index contributed by atoms with van der Waals surface area (Å²) in [6.07, 6.45) is 2.00. The van der Waals surface area contributed by atoms with Crippen LogP contribution in [0.4, 0.5) is 0 Å². The predicted molar refractivity (Wildman–Crippen MR) is 39.4 cm³/mol. The monoisotopic (exact) mass is 145 g/mol. The lowest BCUT2D eigenvalue weighted by molar-refractivity contribution is -0.136. The fourth-order valence-electron chi connectivity index (χ4n) is 0.0873. The lowest BCUT2D eigenvalue weighted by Gasteiger charge is -1.92. The molecule has 0 rings (SSSR count). The SMILES string of the molecule is C=C(OC)C(=O)O.C[CH]C. The Morgan fingerprint density at radius 1 is 1.60 bits per heavy atom. The van der Waals surface area contributed by atoms with E-state index in [0.29, 0.717) is 0 Å². The van der Waals surface area contributed by atoms with Crippen LogP contribution in [0.15, 0.2) is 12.3 Å². The molecule has 0 aromatic rings. The van der Waals surface area contributed by atoms with Crippen molar-refractivity contribution in [3.8, 4) is 0 Å². The van der Waals surface area contributed by atoms with Crippen molar-refractivity contribution in [2.75, 3.05) is 7.11 Å². The average molecular weight is 145 g/mol. The largest absolute Gasteiger partial charge is 0.490 e. The number of hydrogen-bond donors (Lipinski definition) is 1. The molecule has 3 heteroatoms. The summed E-state index contributed by atoms with van der Waals surface area (Å²) in [5.41, 5.74) is 0. The van der Waals surface area contributed by atoms with E-state index in [-0.39, 0.29) is 5.76 Å². The van der Waals surface area contributed by atoms with Gasteiger partial charge in [-0.2, -0.15) is 0 Å². The number of carbonyl (C=O) groups is 1. The van der Waals surface area contributed by atoms with Gasteiger partial charge in [-0.15, -0.1) is 0 Å². The molecule has 0 aliphatic heterocycles. The molecule has 0 saturated carbocycles. The average Bonchev–Trinajstić information content (AvgIpc) is 1.88. The molecule has 1 N–H and O–H groups in total. The quantitative estimate of drug-likeness (QED) is 0.472. The molecular formula is C7H13O3. The summed E-state index contributed by atoms with van der Waals surface area (Å²) in [6.45, 7) is 7.05. The Morgan fingerprint density at radius 3 is 1.90 bits per heavy atom. The standard InChI is InChI=1S/C4H6O3.C3H7/c1-3(7-2)4(5)6;1-3-2/h1H2,2H3,(H,5,6);3H,1-2H3. The maximum Gasteiger partial charge on any atom is 0.370 e. The van der Waals surface area contributed by atoms with Gasteiger partial charge in [0.05, 0.1) is 7.11 Å². The molecule has 0 spiro atoms. The normalized spacial score (nSPS) is 7.10. The van der Waals surface area contributed by atoms with E-state index < -0.39 is 5.97 Å². The molecule has 0 aromatic carbocycles. The topological polar surface area (TPSA) is 46.5 Å². The maximum atomic E-state index is 9.71. The van der Waals surface area contributed by atoms with Gasteiger partial charge in [0.2, 0.25) is 0 Å². The molecule has 0 heterocycles. The fourth-order valence-corrected chi connectivity index (χ4v) is 0.0873. The molecule has 3 nitrogen and oxygen atoms in total. The highest BCUT2D eigenvalue weighted by atomic mass is 16.5. The lowest BCUT2D eigenvalue weighted by Crippen LogP contribution is -1.99. The van der Waals surface area contributed by atoms with E-state index in [1.165, 1.54) is 7.11 Å². The van der Waals surface area contributed by atoms with Gasteiger partial charge in [-0.3, -0.25) is 0 Å². The third kappa shape index (κ3) is 10.1. The minimum Gasteiger partial charge on any atom is -0.490 e. The smallest absolute Gasteiger partial charge is 0.370 e. The Bertz CT molecular complexity index is 107. The van der Waals surface area contributed by atoms with E-state index in [4.69, 9.17) is 5.11 Å². The van der Waals surface area contributed by atoms with Crippen LogP contribution in [0.1, 0.15) is 13.8 Å². The second-order valence-corrected chi connectivity index (χ2v) is 1.51. The van der Waals surface area contributed by atoms with Crippen LogP contribution in [0.25, 0.3) is 0 Å². The van der Waals surface area contributed by atoms with Gasteiger partial charge in [0.25, 0.3) is 0 Å². The highest BCUT2D eigenvalue weighted by Gasteiger charge is 1.98. The lowest BCUT2D eigenvalue weighted by atomic mass is 10.6. The summed E-state index contributed by atoms with van der Waals surface area (Å²) in [5.74, 6) is -1.36. The number of rotatable bonds is 2. The van der Waals surface area contributed by atoms with Crippen molar-refractivity contribution in [3.63, 3.8) is 0 Å². The van der Waals surface area contributed by atoms with Gasteiger partial charge in [-0.1, -0.05) is 13.8 Å². The van der Waals surface area contributed by atoms with Crippen molar-refractivity contribution in [3.05, 3.63) is 18.8 Å². The van der Waals surface area contributed by atoms with E-state index in [1.54, 1.807) is 0 Å². The van der Waals surface area contributed by atoms with Crippen LogP contribution in [0.2, 0.25) is 0 Å². The number of hydrogen-bond acceptors (Lipinski definition) is 2. The number of carboxylic acid groups (broad SMARTS) is 1. The Hall–Kier alpha value is -0.990. The first-order chi connectivity index (χ1) is 4.59. The summed E-state index contributed by atoms with van der Waals surface area (Å²) >= 11 is 0. The van der Waals surface area contributed by atoms with Crippen LogP contribution in [-0.4, -0.2) is 18.2 Å². The van der Waals surface area contributed by atoms with E-state index in [1.807, 2.05) is 20.3 Å². The minimum absolute atomic E-state index is 0.236. The Balaban J connectivity index is 0. The minimum atomic E-state index is -1.12. The van der Waals surface area contributed by atoms with Gasteiger partial charge < -0.3 is 9.84 Å². The zero-order chi connectivity index (χ0) is 8.57. The zero-order valence-electron chi connectivity index (χ0n) is 6.55. The molecule has 59 valence electrons. The summed E-state index contributed by atoms with van der Waals surface area (Å²) in [7, 11) is 1.26. The summed E-state index contributed by atoms with van der Waals surface area (Å²) in [6, 6.07) is 0. The van der Waals surface area contributed by atoms with Crippen molar-refractivity contribution in [2.45, 2.75) is 13.8 Å². The fraction of sp³-hybridized carbons (Fsp3) is 0.429. The molecule has 0 aliphatic rings. The molecule has 1 radical (unpaired) electrons. The van der Waals surface area contributed by atoms with Gasteiger partial charge in [0, 0.05) is 0 Å². The van der Waals surface area contributed by atoms with Gasteiger partial charge in [0.1, 0.15) is 0 Å². The molecule has 0 aliphatic carbocycles. The highest BCUT2D eigenvalue weighted by Crippen LogP contribution is 1.86. The maximum absolute atomic E-state index is 9.71. The second-order valence-electron chi connectivity index (χ2n) is 1.51. The summed E-state index contributed by atoms with van der Waals surface area (Å²) in [5, 5.41) is 7.96. The van der Waals surface area contributed by atoms with Crippen LogP contribution in [0.3, 0.4) is 0 Å². The van der Waals surface area contributed by atoms with Crippen molar-refractivity contribution in [2.24, 2.45) is 0 Å². The number of methoxy groups -OCH3 is 1. The first-order valence-electron chi connectivity index (χ1n) is 2.80. The Kier molecular flexibility index (Phi) is 9.42. The van der Waals surface area contributed by atoms with Crippen LogP contribution < -0.4 is 0 Å². The van der Waals surface area contributed by atoms with E-state index in [9.17, 15) is 4.79 Å². The first-order valence-corrected chi connectivity index (χ1v) is 2.80. The number of ether oxygens (including phenoxy) is 1. The molecule has 0 bridgehead atoms. The van der Waals surface area contributed by atoms with Gasteiger partial charge in [-0.05, 0) is 13.0 Å². The van der Waals surface area contributed by atoms with Crippen LogP contribution in [0.5, 0.6) is 0 Å². The number of aliphatic carboxylic acids is 1. The summed E-state index contributed by atoms with van der Waals surface area (Å²) in [4.78, 5) is 9.71. The molecule has 10 heavy (non-hydrogen) atoms. The molecule has 0 amide bonds. The third-order valence-corrected chi connectivity index (χ3v) is 0.485. The van der Waals surface area contributed by atoms with E-state index >= 15 is 0 Å². The molecule has 0 saturated heterocycles. The third-order valence-electron chi connectivity index (χ3n) is 0.485. The van der Waals surface area contributed by atoms with Crippen LogP contribution in [0, 0.1) is 6.42 Å². The number of carboxylic acids is 1. The molecule has 0 unspecified atom stereocenters. The highest BCUT2D eigenvalue weighted by molar-refractivity contribution is 5.83. The van der Waals surface area contributed by atoms with E-state index in [0.717, 1.165) is 0 Å². The summed E-state index contributed by atoms with van der Waals surface area (Å²) < 4.78 is 4.22. The van der Waals surface area contributed by atoms with Crippen molar-refractivity contribution in [1.29, 1.82) is 0 Å². The predicted octanol–water partition coefficient (Wildman–Crippen LogP) is 1.46. The Labute approximate surface area is 61.3 Å². The van der Waals surface area contributed by atoms with Gasteiger partial charge in [0.15, 0.2) is 5.76 Å². The van der Waals surface area contributed by atoms with Crippen molar-refractivity contribution in [1.82, 2.24) is 0 Å². The van der Waals surface area contributed by atoms with E-state index in [2.05, 4.69) is 11.3 Å². The molecular weight excluding hydrogens is 132 g/mol. The van der Waals surface area contributed by atoms with Crippen LogP contribution >= 0.6 is 0 Å². The van der Waals surface area contributed by atoms with Crippen molar-refractivity contribution >= 4 is 5.97 Å². The molecule has 0 aromatic heterocycles. The Morgan fingerprint density at radius 2 is 1.90 bits per heavy atom. The van der Waals surface area contributed by atoms with Gasteiger partial charge >= 0.3 is 5.97 Å². The zero-order valence-corrected chi connectivity index (χ0v) is 6.55. The molecule has 0 fully saturated rings. The van der Waals surface area contributed by atoms with Crippen LogP contribution in [-0.2, 0) is 9.53 Å². The van der Waals surface area contributed by atoms with Gasteiger partial charge in [-0.25, -0.2) is 4.79 Å². The first kappa shape index (κ1) is 11.8. The second kappa shape index (κ2) is 8.01.